The molecule has 0 bridgehead atoms. The molecule has 2 aliphatic heterocycles. The predicted octanol–water partition coefficient (Wildman–Crippen LogP) is 3.33. The van der Waals surface area contributed by atoms with Crippen molar-refractivity contribution in [2.45, 2.75) is 25.5 Å². The number of hydrogen-bond acceptors (Lipinski definition) is 3. The molecule has 1 fully saturated rings. The molecule has 1 saturated heterocycles. The summed E-state index contributed by atoms with van der Waals surface area (Å²) in [6.45, 7) is 3.92. The number of amides is 1. The van der Waals surface area contributed by atoms with Gasteiger partial charge in [0.05, 0.1) is 11.7 Å². The summed E-state index contributed by atoms with van der Waals surface area (Å²) >= 11 is 0. The van der Waals surface area contributed by atoms with Gasteiger partial charge in [-0.05, 0) is 30.5 Å². The van der Waals surface area contributed by atoms with Crippen LogP contribution in [0.4, 0.5) is 5.69 Å². The van der Waals surface area contributed by atoms with Gasteiger partial charge in [-0.15, -0.1) is 0 Å². The molecule has 2 aromatic carbocycles. The summed E-state index contributed by atoms with van der Waals surface area (Å²) in [7, 11) is 0. The highest BCUT2D eigenvalue weighted by atomic mass is 16.5. The Morgan fingerprint density at radius 3 is 2.52 bits per heavy atom. The predicted molar refractivity (Wildman–Crippen MR) is 98.8 cm³/mol. The molecule has 0 aromatic heterocycles. The summed E-state index contributed by atoms with van der Waals surface area (Å²) in [5, 5.41) is 0. The van der Waals surface area contributed by atoms with Gasteiger partial charge in [-0.1, -0.05) is 42.5 Å². The van der Waals surface area contributed by atoms with Gasteiger partial charge in [0.15, 0.2) is 0 Å². The van der Waals surface area contributed by atoms with Crippen molar-refractivity contribution in [3.05, 3.63) is 65.7 Å². The van der Waals surface area contributed by atoms with Crippen LogP contribution < -0.4 is 4.90 Å². The third kappa shape index (κ3) is 3.54. The van der Waals surface area contributed by atoms with E-state index in [1.165, 1.54) is 5.56 Å². The fourth-order valence-corrected chi connectivity index (χ4v) is 3.74. The normalized spacial score (nSPS) is 20.5. The van der Waals surface area contributed by atoms with Crippen molar-refractivity contribution in [1.82, 2.24) is 4.90 Å². The van der Waals surface area contributed by atoms with E-state index in [4.69, 9.17) is 4.74 Å². The lowest BCUT2D eigenvalue weighted by Crippen LogP contribution is -2.39. The number of hydrogen-bond donors (Lipinski definition) is 0. The molecule has 1 amide bonds. The monoisotopic (exact) mass is 336 g/mol. The minimum Gasteiger partial charge on any atom is -0.376 e. The standard InChI is InChI=1S/C21H24N2O2/c24-21-19-10-4-5-11-20(19)22(15-17-7-2-1-3-8-17)12-13-23(21)16-18-9-6-14-25-18/h1-5,7-8,10-11,18H,6,9,12-16H2. The van der Waals surface area contributed by atoms with Gasteiger partial charge in [-0.3, -0.25) is 4.79 Å². The fourth-order valence-electron chi connectivity index (χ4n) is 3.74. The van der Waals surface area contributed by atoms with Crippen molar-refractivity contribution in [1.29, 1.82) is 0 Å². The van der Waals surface area contributed by atoms with Crippen LogP contribution in [0.25, 0.3) is 0 Å². The van der Waals surface area contributed by atoms with E-state index in [-0.39, 0.29) is 12.0 Å². The summed E-state index contributed by atoms with van der Waals surface area (Å²) < 4.78 is 5.75. The van der Waals surface area contributed by atoms with Gasteiger partial charge >= 0.3 is 0 Å². The Kier molecular flexibility index (Phi) is 4.70. The molecule has 0 spiro atoms. The zero-order valence-corrected chi connectivity index (χ0v) is 14.4. The van der Waals surface area contributed by atoms with Crippen LogP contribution in [0.2, 0.25) is 0 Å². The largest absolute Gasteiger partial charge is 0.376 e. The summed E-state index contributed by atoms with van der Waals surface area (Å²) in [5.74, 6) is 0.127. The second-order valence-electron chi connectivity index (χ2n) is 6.81. The van der Waals surface area contributed by atoms with Crippen molar-refractivity contribution in [2.24, 2.45) is 0 Å². The molecule has 1 unspecified atom stereocenters. The van der Waals surface area contributed by atoms with Crippen molar-refractivity contribution in [3.63, 3.8) is 0 Å². The summed E-state index contributed by atoms with van der Waals surface area (Å²) in [4.78, 5) is 17.4. The number of rotatable bonds is 4. The van der Waals surface area contributed by atoms with Crippen molar-refractivity contribution < 1.29 is 9.53 Å². The Balaban J connectivity index is 1.58. The third-order valence-corrected chi connectivity index (χ3v) is 5.07. The number of fused-ring (bicyclic) bond motifs is 1. The van der Waals surface area contributed by atoms with Crippen LogP contribution in [-0.2, 0) is 11.3 Å². The molecule has 2 heterocycles. The first kappa shape index (κ1) is 16.2. The highest BCUT2D eigenvalue weighted by Crippen LogP contribution is 2.27. The van der Waals surface area contributed by atoms with Gasteiger partial charge < -0.3 is 14.5 Å². The van der Waals surface area contributed by atoms with Crippen molar-refractivity contribution in [3.8, 4) is 0 Å². The number of anilines is 1. The second-order valence-corrected chi connectivity index (χ2v) is 6.81. The number of ether oxygens (including phenoxy) is 1. The molecule has 4 nitrogen and oxygen atoms in total. The highest BCUT2D eigenvalue weighted by Gasteiger charge is 2.29. The van der Waals surface area contributed by atoms with Crippen LogP contribution in [-0.4, -0.2) is 43.2 Å². The Labute approximate surface area is 149 Å². The highest BCUT2D eigenvalue weighted by molar-refractivity contribution is 6.00. The van der Waals surface area contributed by atoms with E-state index >= 15 is 0 Å². The third-order valence-electron chi connectivity index (χ3n) is 5.07. The van der Waals surface area contributed by atoms with E-state index in [2.05, 4.69) is 35.2 Å². The lowest BCUT2D eigenvalue weighted by molar-refractivity contribution is 0.0539. The zero-order chi connectivity index (χ0) is 17.1. The average Bonchev–Trinajstić information content (AvgIpc) is 3.13. The molecule has 2 aliphatic rings. The quantitative estimate of drug-likeness (QED) is 0.858. The maximum atomic E-state index is 13.1. The van der Waals surface area contributed by atoms with Gasteiger partial charge in [-0.25, -0.2) is 0 Å². The van der Waals surface area contributed by atoms with Crippen LogP contribution in [0, 0.1) is 0 Å². The van der Waals surface area contributed by atoms with Gasteiger partial charge in [0, 0.05) is 38.5 Å². The molecule has 2 aromatic rings. The topological polar surface area (TPSA) is 32.8 Å². The maximum absolute atomic E-state index is 13.1. The Morgan fingerprint density at radius 1 is 0.960 bits per heavy atom. The zero-order valence-electron chi connectivity index (χ0n) is 14.4. The molecule has 1 atom stereocenters. The van der Waals surface area contributed by atoms with E-state index in [0.717, 1.165) is 50.3 Å². The van der Waals surface area contributed by atoms with Crippen LogP contribution in [0.15, 0.2) is 54.6 Å². The number of carbonyl (C=O) groups excluding carboxylic acids is 1. The maximum Gasteiger partial charge on any atom is 0.256 e. The van der Waals surface area contributed by atoms with Crippen LogP contribution in [0.5, 0.6) is 0 Å². The molecular weight excluding hydrogens is 312 g/mol. The first-order valence-corrected chi connectivity index (χ1v) is 9.10. The molecule has 0 saturated carbocycles. The van der Waals surface area contributed by atoms with Gasteiger partial charge in [0.25, 0.3) is 5.91 Å². The van der Waals surface area contributed by atoms with E-state index in [9.17, 15) is 4.79 Å². The summed E-state index contributed by atoms with van der Waals surface area (Å²) in [6.07, 6.45) is 2.35. The lowest BCUT2D eigenvalue weighted by atomic mass is 10.1. The molecule has 4 heteroatoms. The Bertz CT molecular complexity index is 726. The van der Waals surface area contributed by atoms with Crippen LogP contribution >= 0.6 is 0 Å². The van der Waals surface area contributed by atoms with Crippen molar-refractivity contribution >= 4 is 11.6 Å². The van der Waals surface area contributed by atoms with E-state index in [1.54, 1.807) is 0 Å². The SMILES string of the molecule is O=C1c2ccccc2N(Cc2ccccc2)CCN1CC1CCCO1. The number of benzene rings is 2. The van der Waals surface area contributed by atoms with E-state index in [0.29, 0.717) is 6.54 Å². The fraction of sp³-hybridized carbons (Fsp3) is 0.381. The van der Waals surface area contributed by atoms with Crippen LogP contribution in [0.1, 0.15) is 28.8 Å². The first-order chi connectivity index (χ1) is 12.3. The lowest BCUT2D eigenvalue weighted by Gasteiger charge is -2.25. The Hall–Kier alpha value is -2.33. The molecule has 0 N–H and O–H groups in total. The first-order valence-electron chi connectivity index (χ1n) is 9.10. The molecular formula is C21H24N2O2. The summed E-state index contributed by atoms with van der Waals surface area (Å²) in [6, 6.07) is 18.4. The van der Waals surface area contributed by atoms with Crippen molar-refractivity contribution in [2.75, 3.05) is 31.1 Å². The Morgan fingerprint density at radius 2 is 1.72 bits per heavy atom. The second kappa shape index (κ2) is 7.28. The minimum atomic E-state index is 0.127. The van der Waals surface area contributed by atoms with Gasteiger partial charge in [-0.2, -0.15) is 0 Å². The molecule has 25 heavy (non-hydrogen) atoms. The average molecular weight is 336 g/mol. The van der Waals surface area contributed by atoms with Crippen LogP contribution in [0.3, 0.4) is 0 Å². The van der Waals surface area contributed by atoms with E-state index < -0.39 is 0 Å². The number of carbonyl (C=O) groups is 1. The molecule has 0 radical (unpaired) electrons. The minimum absolute atomic E-state index is 0.127. The van der Waals surface area contributed by atoms with E-state index in [1.807, 2.05) is 29.2 Å². The molecule has 4 rings (SSSR count). The smallest absolute Gasteiger partial charge is 0.256 e. The number of para-hydroxylation sites is 1. The van der Waals surface area contributed by atoms with Gasteiger partial charge in [0.2, 0.25) is 0 Å². The summed E-state index contributed by atoms with van der Waals surface area (Å²) in [5.41, 5.74) is 3.09. The van der Waals surface area contributed by atoms with Gasteiger partial charge in [0.1, 0.15) is 0 Å². The number of nitrogens with zero attached hydrogens (tertiary/aromatic N) is 2. The molecule has 130 valence electrons. The molecule has 0 aliphatic carbocycles.